The number of rotatable bonds is 0. The molecule has 0 fully saturated rings. The molecule has 0 rings (SSSR count). The third-order valence-electron chi connectivity index (χ3n) is 0. The molecule has 0 aliphatic carbocycles. The summed E-state index contributed by atoms with van der Waals surface area (Å²) in [7, 11) is 0.139. The van der Waals surface area contributed by atoms with E-state index in [1.807, 2.05) is 11.9 Å². The molecule has 2 nitrogen and oxygen atoms in total. The summed E-state index contributed by atoms with van der Waals surface area (Å²) in [6.45, 7) is 0. The standard InChI is InChI=1S/2CH3BN.Zn/c2*2-1-3;/h2*2H3;/q2*-1;+2. The molecule has 0 aliphatic rings. The van der Waals surface area contributed by atoms with Crippen LogP contribution in [-0.2, 0) is 19.5 Å². The van der Waals surface area contributed by atoms with Crippen molar-refractivity contribution in [3.8, 4) is 11.9 Å². The van der Waals surface area contributed by atoms with Gasteiger partial charge in [0.15, 0.2) is 0 Å². The maximum Gasteiger partial charge on any atom is 2.00 e. The van der Waals surface area contributed by atoms with Gasteiger partial charge in [0.05, 0.1) is 15.7 Å². The largest absolute Gasteiger partial charge is 2.00 e. The zero-order valence-corrected chi connectivity index (χ0v) is 5.57. The summed E-state index contributed by atoms with van der Waals surface area (Å²) in [4.78, 5) is 0. The van der Waals surface area contributed by atoms with Gasteiger partial charge in [-0.3, -0.25) is 10.5 Å². The molecule has 0 aromatic rings. The second kappa shape index (κ2) is 42.8. The minimum absolute atomic E-state index is 0. The van der Waals surface area contributed by atoms with E-state index < -0.39 is 0 Å². The zero-order chi connectivity index (χ0) is 5.41. The Bertz CT molecular complexity index is 68.7. The second-order valence-electron chi connectivity index (χ2n) is 0. The molecule has 0 saturated carbocycles. The Morgan fingerprint density at radius 1 is 1.00 bits per heavy atom. The van der Waals surface area contributed by atoms with Crippen LogP contribution in [0.15, 0.2) is 0 Å². The van der Waals surface area contributed by atoms with Gasteiger partial charge in [-0.05, 0) is 0 Å². The van der Waals surface area contributed by atoms with Gasteiger partial charge in [-0.25, -0.2) is 0 Å². The van der Waals surface area contributed by atoms with E-state index in [1.165, 1.54) is 0 Å². The molecule has 32 valence electrons. The third-order valence-corrected chi connectivity index (χ3v) is 0. The summed E-state index contributed by atoms with van der Waals surface area (Å²) < 4.78 is 0. The van der Waals surface area contributed by atoms with E-state index in [2.05, 4.69) is 0 Å². The summed E-state index contributed by atoms with van der Waals surface area (Å²) in [5.74, 6) is 4.00. The molecular weight excluding hydrogens is 139 g/mol. The maximum atomic E-state index is 7.43. The fourth-order valence-corrected chi connectivity index (χ4v) is 0. The Labute approximate surface area is 58.1 Å². The van der Waals surface area contributed by atoms with Crippen LogP contribution in [0.3, 0.4) is 0 Å². The average Bonchev–Trinajstić information content (AvgIpc) is 1.39. The third kappa shape index (κ3) is 1120. The molecule has 0 heterocycles. The molecule has 0 aromatic carbocycles. The molecule has 0 aromatic heterocycles. The van der Waals surface area contributed by atoms with Gasteiger partial charge in [-0.15, -0.1) is 0 Å². The molecule has 7 heavy (non-hydrogen) atoms. The van der Waals surface area contributed by atoms with Crippen molar-refractivity contribution in [2.75, 3.05) is 0 Å². The van der Waals surface area contributed by atoms with Gasteiger partial charge in [-0.1, -0.05) is 0 Å². The van der Waals surface area contributed by atoms with Crippen LogP contribution < -0.4 is 0 Å². The van der Waals surface area contributed by atoms with Gasteiger partial charge in [0.25, 0.3) is 0 Å². The van der Waals surface area contributed by atoms with Crippen LogP contribution in [0, 0.1) is 22.5 Å². The predicted molar refractivity (Wildman–Crippen MR) is 31.1 cm³/mol. The van der Waals surface area contributed by atoms with E-state index in [4.69, 9.17) is 10.5 Å². The van der Waals surface area contributed by atoms with Crippen LogP contribution in [0.2, 0.25) is 0 Å². The molecule has 0 bridgehead atoms. The number of nitriles is 2. The van der Waals surface area contributed by atoms with Crippen LogP contribution in [0.1, 0.15) is 0 Å². The number of hydrogen-bond acceptors (Lipinski definition) is 2. The van der Waals surface area contributed by atoms with Crippen molar-refractivity contribution in [3.63, 3.8) is 0 Å². The Hall–Kier alpha value is -0.267. The van der Waals surface area contributed by atoms with Crippen molar-refractivity contribution in [2.45, 2.75) is 0 Å². The fraction of sp³-hybridized carbons (Fsp3) is 0. The normalized spacial score (nSPS) is 2.29. The van der Waals surface area contributed by atoms with Crippen LogP contribution in [0.25, 0.3) is 0 Å². The van der Waals surface area contributed by atoms with Crippen molar-refractivity contribution < 1.29 is 19.5 Å². The molecule has 0 unspecified atom stereocenters. The van der Waals surface area contributed by atoms with Crippen molar-refractivity contribution in [3.05, 3.63) is 0 Å². The monoisotopic (exact) mass is 144 g/mol. The van der Waals surface area contributed by atoms with Crippen LogP contribution in [0.4, 0.5) is 0 Å². The summed E-state index contributed by atoms with van der Waals surface area (Å²) >= 11 is 0. The molecular formula is C2H6B2N2Zn. The predicted octanol–water partition coefficient (Wildman–Crippen LogP) is -2.34. The van der Waals surface area contributed by atoms with Gasteiger partial charge in [0.1, 0.15) is 0 Å². The first-order valence-corrected chi connectivity index (χ1v) is 0.447. The van der Waals surface area contributed by atoms with E-state index in [0.717, 1.165) is 0 Å². The van der Waals surface area contributed by atoms with Gasteiger partial charge in [0.2, 0.25) is 0 Å². The number of hydrogen-bond donors (Lipinski definition) is 0. The van der Waals surface area contributed by atoms with Gasteiger partial charge < -0.3 is 0 Å². The fourth-order valence-electron chi connectivity index (χ4n) is 0. The van der Waals surface area contributed by atoms with Crippen molar-refractivity contribution in [1.82, 2.24) is 0 Å². The summed E-state index contributed by atoms with van der Waals surface area (Å²) in [5, 5.41) is 14.9. The number of nitrogens with zero attached hydrogens (tertiary/aromatic N) is 2. The molecule has 0 aliphatic heterocycles. The van der Waals surface area contributed by atoms with E-state index in [0.29, 0.717) is 0 Å². The average molecular weight is 145 g/mol. The first-order valence-electron chi connectivity index (χ1n) is 0.447. The zero-order valence-electron chi connectivity index (χ0n) is 2.60. The van der Waals surface area contributed by atoms with Gasteiger partial charge >= 0.3 is 19.5 Å². The molecule has 5 heteroatoms. The maximum absolute atomic E-state index is 7.43. The Balaban J connectivity index is -0.0000000400. The van der Waals surface area contributed by atoms with E-state index in [9.17, 15) is 0 Å². The Kier molecular flexibility index (Phi) is 97.0. The van der Waals surface area contributed by atoms with Crippen LogP contribution in [-0.4, -0.2) is 15.7 Å². The SMILES string of the molecule is [BH3-]C#N.[BH3-]C#N.[Zn+2]. The summed E-state index contributed by atoms with van der Waals surface area (Å²) in [5.41, 5.74) is 0. The summed E-state index contributed by atoms with van der Waals surface area (Å²) in [6.07, 6.45) is 0. The van der Waals surface area contributed by atoms with Crippen LogP contribution in [0.5, 0.6) is 0 Å². The van der Waals surface area contributed by atoms with Gasteiger partial charge in [-0.2, -0.15) is 11.9 Å². The van der Waals surface area contributed by atoms with Gasteiger partial charge in [0, 0.05) is 0 Å². The molecule has 0 atom stereocenters. The first kappa shape index (κ1) is 15.9. The molecule has 0 radical (unpaired) electrons. The smallest absolute Gasteiger partial charge is 0.251 e. The van der Waals surface area contributed by atoms with E-state index in [-0.39, 0.29) is 35.2 Å². The molecule has 0 spiro atoms. The minimum Gasteiger partial charge on any atom is -0.251 e. The summed E-state index contributed by atoms with van der Waals surface area (Å²) in [6, 6.07) is 0. The minimum atomic E-state index is 0. The topological polar surface area (TPSA) is 47.6 Å². The quantitative estimate of drug-likeness (QED) is 0.359. The van der Waals surface area contributed by atoms with E-state index in [1.54, 1.807) is 0 Å². The molecule has 0 amide bonds. The van der Waals surface area contributed by atoms with Crippen molar-refractivity contribution >= 4 is 15.7 Å². The second-order valence-corrected chi connectivity index (χ2v) is 0. The van der Waals surface area contributed by atoms with Crippen LogP contribution >= 0.6 is 0 Å². The first-order chi connectivity index (χ1) is 2.83. The van der Waals surface area contributed by atoms with Crippen molar-refractivity contribution in [1.29, 1.82) is 10.5 Å². The van der Waals surface area contributed by atoms with E-state index >= 15 is 0 Å². The molecule has 0 saturated heterocycles. The Morgan fingerprint density at radius 2 is 1.00 bits per heavy atom. The van der Waals surface area contributed by atoms with Crippen molar-refractivity contribution in [2.24, 2.45) is 0 Å². The Morgan fingerprint density at radius 3 is 1.00 bits per heavy atom. The molecule has 0 N–H and O–H groups in total.